The lowest BCUT2D eigenvalue weighted by Gasteiger charge is -2.31. The van der Waals surface area contributed by atoms with Gasteiger partial charge in [0.05, 0.1) is 0 Å². The highest BCUT2D eigenvalue weighted by Gasteiger charge is 2.38. The molecule has 0 aromatic rings. The minimum Gasteiger partial charge on any atom is -0.146 e. The third kappa shape index (κ3) is 4.12. The molecular formula is C11H22Cl2Si. The van der Waals surface area contributed by atoms with Gasteiger partial charge in [0.2, 0.25) is 0 Å². The van der Waals surface area contributed by atoms with Crippen molar-refractivity contribution in [3.63, 3.8) is 0 Å². The van der Waals surface area contributed by atoms with Crippen LogP contribution in [0.1, 0.15) is 52.4 Å². The van der Waals surface area contributed by atoms with Crippen LogP contribution in [0.2, 0.25) is 11.6 Å². The van der Waals surface area contributed by atoms with E-state index in [-0.39, 0.29) is 0 Å². The number of rotatable bonds is 4. The van der Waals surface area contributed by atoms with Crippen molar-refractivity contribution in [3.05, 3.63) is 0 Å². The summed E-state index contributed by atoms with van der Waals surface area (Å²) in [5, 5.41) is 0. The Morgan fingerprint density at radius 1 is 1.14 bits per heavy atom. The first kappa shape index (κ1) is 12.9. The third-order valence-corrected chi connectivity index (χ3v) is 8.97. The fourth-order valence-corrected chi connectivity index (χ4v) is 6.80. The van der Waals surface area contributed by atoms with Crippen LogP contribution in [0, 0.1) is 5.92 Å². The highest BCUT2D eigenvalue weighted by molar-refractivity contribution is 7.46. The molecule has 0 N–H and O–H groups in total. The van der Waals surface area contributed by atoms with Gasteiger partial charge in [-0.15, -0.1) is 22.2 Å². The van der Waals surface area contributed by atoms with Gasteiger partial charge in [-0.2, -0.15) is 0 Å². The van der Waals surface area contributed by atoms with Gasteiger partial charge in [0, 0.05) is 0 Å². The zero-order valence-electron chi connectivity index (χ0n) is 9.36. The molecule has 84 valence electrons. The van der Waals surface area contributed by atoms with E-state index in [4.69, 9.17) is 22.2 Å². The Bertz CT molecular complexity index is 163. The topological polar surface area (TPSA) is 0 Å². The highest BCUT2D eigenvalue weighted by atomic mass is 35.7. The van der Waals surface area contributed by atoms with Crippen molar-refractivity contribution in [2.75, 3.05) is 0 Å². The average Bonchev–Trinajstić information content (AvgIpc) is 2.16. The zero-order chi connectivity index (χ0) is 10.6. The maximum atomic E-state index is 6.56. The summed E-state index contributed by atoms with van der Waals surface area (Å²) in [6.07, 6.45) is 7.87. The monoisotopic (exact) mass is 252 g/mol. The molecule has 0 nitrogen and oxygen atoms in total. The quantitative estimate of drug-likeness (QED) is 0.472. The molecular weight excluding hydrogens is 231 g/mol. The Hall–Kier alpha value is 0.797. The summed E-state index contributed by atoms with van der Waals surface area (Å²) in [5.74, 6) is 0.739. The standard InChI is InChI=1S/C11H22Cl2Si/c1-10(2)8-9-14(12,13)11-6-4-3-5-7-11/h10-11H,3-9H2,1-2H3. The first-order chi connectivity index (χ1) is 6.52. The van der Waals surface area contributed by atoms with Gasteiger partial charge in [-0.1, -0.05) is 52.4 Å². The lowest BCUT2D eigenvalue weighted by atomic mass is 10.0. The molecule has 0 atom stereocenters. The first-order valence-electron chi connectivity index (χ1n) is 5.90. The fourth-order valence-electron chi connectivity index (χ4n) is 2.21. The maximum Gasteiger partial charge on any atom is 0.254 e. The van der Waals surface area contributed by atoms with Gasteiger partial charge in [-0.05, 0) is 17.5 Å². The van der Waals surface area contributed by atoms with E-state index in [1.807, 2.05) is 0 Å². The van der Waals surface area contributed by atoms with Gasteiger partial charge < -0.3 is 0 Å². The number of hydrogen-bond acceptors (Lipinski definition) is 0. The van der Waals surface area contributed by atoms with E-state index >= 15 is 0 Å². The van der Waals surface area contributed by atoms with Gasteiger partial charge in [-0.25, -0.2) is 0 Å². The summed E-state index contributed by atoms with van der Waals surface area (Å²) in [7, 11) is 0. The van der Waals surface area contributed by atoms with Crippen molar-refractivity contribution in [2.24, 2.45) is 5.92 Å². The van der Waals surface area contributed by atoms with Crippen molar-refractivity contribution in [2.45, 2.75) is 64.0 Å². The van der Waals surface area contributed by atoms with Gasteiger partial charge in [-0.3, -0.25) is 0 Å². The molecule has 0 amide bonds. The van der Waals surface area contributed by atoms with Crippen LogP contribution >= 0.6 is 22.2 Å². The van der Waals surface area contributed by atoms with Crippen molar-refractivity contribution >= 4 is 28.9 Å². The minimum absolute atomic E-state index is 0.679. The van der Waals surface area contributed by atoms with E-state index < -0.39 is 6.69 Å². The molecule has 0 aromatic heterocycles. The summed E-state index contributed by atoms with van der Waals surface area (Å²) in [4.78, 5) is 0. The van der Waals surface area contributed by atoms with E-state index in [0.29, 0.717) is 5.54 Å². The van der Waals surface area contributed by atoms with E-state index in [1.54, 1.807) is 0 Å². The minimum atomic E-state index is -1.92. The van der Waals surface area contributed by atoms with Crippen molar-refractivity contribution in [1.82, 2.24) is 0 Å². The molecule has 0 saturated heterocycles. The third-order valence-electron chi connectivity index (χ3n) is 3.26. The van der Waals surface area contributed by atoms with Crippen molar-refractivity contribution < 1.29 is 0 Å². The molecule has 1 rings (SSSR count). The summed E-state index contributed by atoms with van der Waals surface area (Å²) < 4.78 is 0. The predicted octanol–water partition coefficient (Wildman–Crippen LogP) is 5.29. The van der Waals surface area contributed by atoms with E-state index in [0.717, 1.165) is 12.0 Å². The fraction of sp³-hybridized carbons (Fsp3) is 1.00. The number of halogens is 2. The van der Waals surface area contributed by atoms with Gasteiger partial charge >= 0.3 is 0 Å². The Morgan fingerprint density at radius 3 is 2.21 bits per heavy atom. The Balaban J connectivity index is 2.37. The molecule has 0 aliphatic heterocycles. The summed E-state index contributed by atoms with van der Waals surface area (Å²) in [6.45, 7) is 2.58. The molecule has 0 radical (unpaired) electrons. The molecule has 14 heavy (non-hydrogen) atoms. The van der Waals surface area contributed by atoms with Crippen LogP contribution in [-0.4, -0.2) is 6.69 Å². The SMILES string of the molecule is CC(C)CC[Si](Cl)(Cl)C1CCCCC1. The molecule has 1 aliphatic rings. The lowest BCUT2D eigenvalue weighted by Crippen LogP contribution is -2.29. The van der Waals surface area contributed by atoms with E-state index in [9.17, 15) is 0 Å². The average molecular weight is 253 g/mol. The zero-order valence-corrected chi connectivity index (χ0v) is 11.9. The largest absolute Gasteiger partial charge is 0.254 e. The summed E-state index contributed by atoms with van der Waals surface area (Å²) >= 11 is 13.1. The predicted molar refractivity (Wildman–Crippen MR) is 68.6 cm³/mol. The molecule has 0 unspecified atom stereocenters. The Kier molecular flexibility index (Phi) is 5.30. The van der Waals surface area contributed by atoms with Gasteiger partial charge in [0.1, 0.15) is 0 Å². The van der Waals surface area contributed by atoms with Crippen LogP contribution in [0.25, 0.3) is 0 Å². The molecule has 1 saturated carbocycles. The summed E-state index contributed by atoms with van der Waals surface area (Å²) in [5.41, 5.74) is 0.679. The smallest absolute Gasteiger partial charge is 0.146 e. The molecule has 1 aliphatic carbocycles. The highest BCUT2D eigenvalue weighted by Crippen LogP contribution is 2.44. The molecule has 3 heteroatoms. The maximum absolute atomic E-state index is 6.56. The molecule has 0 spiro atoms. The van der Waals surface area contributed by atoms with Crippen molar-refractivity contribution in [3.8, 4) is 0 Å². The van der Waals surface area contributed by atoms with E-state index in [2.05, 4.69) is 13.8 Å². The normalized spacial score (nSPS) is 20.4. The molecule has 1 fully saturated rings. The van der Waals surface area contributed by atoms with Crippen LogP contribution in [0.4, 0.5) is 0 Å². The lowest BCUT2D eigenvalue weighted by molar-refractivity contribution is 0.494. The van der Waals surface area contributed by atoms with Gasteiger partial charge in [0.25, 0.3) is 6.69 Å². The Labute approximate surface area is 98.8 Å². The second-order valence-electron chi connectivity index (χ2n) is 5.03. The van der Waals surface area contributed by atoms with Crippen LogP contribution < -0.4 is 0 Å². The number of hydrogen-bond donors (Lipinski definition) is 0. The Morgan fingerprint density at radius 2 is 1.71 bits per heavy atom. The van der Waals surface area contributed by atoms with Crippen LogP contribution in [-0.2, 0) is 0 Å². The second kappa shape index (κ2) is 5.76. The second-order valence-corrected chi connectivity index (χ2v) is 12.5. The van der Waals surface area contributed by atoms with Crippen LogP contribution in [0.5, 0.6) is 0 Å². The molecule has 0 heterocycles. The van der Waals surface area contributed by atoms with Crippen molar-refractivity contribution in [1.29, 1.82) is 0 Å². The first-order valence-corrected chi connectivity index (χ1v) is 10.2. The van der Waals surface area contributed by atoms with Crippen LogP contribution in [0.3, 0.4) is 0 Å². The van der Waals surface area contributed by atoms with Gasteiger partial charge in [0.15, 0.2) is 0 Å². The molecule has 0 bridgehead atoms. The van der Waals surface area contributed by atoms with E-state index in [1.165, 1.54) is 38.5 Å². The van der Waals surface area contributed by atoms with Crippen LogP contribution in [0.15, 0.2) is 0 Å². The summed E-state index contributed by atoms with van der Waals surface area (Å²) in [6, 6.07) is 1.10. The molecule has 0 aromatic carbocycles.